The molecule has 5 nitrogen and oxygen atoms in total. The summed E-state index contributed by atoms with van der Waals surface area (Å²) in [6.45, 7) is 4.12. The van der Waals surface area contributed by atoms with Crippen LogP contribution in [0.2, 0.25) is 0 Å². The topological polar surface area (TPSA) is 87.7 Å². The van der Waals surface area contributed by atoms with Crippen LogP contribution < -0.4 is 11.1 Å². The number of nitrogens with two attached hydrogens (primary N) is 1. The molecule has 0 aromatic carbocycles. The van der Waals surface area contributed by atoms with Crippen molar-refractivity contribution in [2.75, 3.05) is 0 Å². The van der Waals surface area contributed by atoms with Crippen LogP contribution in [0.3, 0.4) is 0 Å². The molecule has 5 heteroatoms. The van der Waals surface area contributed by atoms with Crippen molar-refractivity contribution in [3.05, 3.63) is 0 Å². The van der Waals surface area contributed by atoms with E-state index in [9.17, 15) is 4.79 Å². The van der Waals surface area contributed by atoms with Crippen molar-refractivity contribution in [3.8, 4) is 0 Å². The van der Waals surface area contributed by atoms with E-state index in [-0.39, 0.29) is 17.8 Å². The lowest BCUT2D eigenvalue weighted by atomic mass is 9.99. The largest absolute Gasteiger partial charge is 0.409 e. The van der Waals surface area contributed by atoms with Crippen LogP contribution >= 0.6 is 0 Å². The van der Waals surface area contributed by atoms with E-state index in [0.29, 0.717) is 12.3 Å². The molecule has 1 rings (SSSR count). The first kappa shape index (κ1) is 13.8. The maximum atomic E-state index is 12.1. The summed E-state index contributed by atoms with van der Waals surface area (Å²) in [5.74, 6) is -0.0813. The summed E-state index contributed by atoms with van der Waals surface area (Å²) >= 11 is 0. The zero-order chi connectivity index (χ0) is 12.8. The number of carbonyl (C=O) groups is 1. The zero-order valence-corrected chi connectivity index (χ0v) is 10.6. The Bertz CT molecular complexity index is 291. The second-order valence-electron chi connectivity index (χ2n) is 4.89. The Morgan fingerprint density at radius 1 is 1.59 bits per heavy atom. The summed E-state index contributed by atoms with van der Waals surface area (Å²) in [5.41, 5.74) is 5.55. The molecule has 4 N–H and O–H groups in total. The highest BCUT2D eigenvalue weighted by Gasteiger charge is 2.29. The van der Waals surface area contributed by atoms with Crippen LogP contribution in [0.25, 0.3) is 0 Å². The van der Waals surface area contributed by atoms with E-state index in [1.807, 2.05) is 6.92 Å². The molecule has 0 radical (unpaired) electrons. The van der Waals surface area contributed by atoms with Crippen molar-refractivity contribution < 1.29 is 10.0 Å². The highest BCUT2D eigenvalue weighted by Crippen LogP contribution is 2.25. The third kappa shape index (κ3) is 3.61. The van der Waals surface area contributed by atoms with Gasteiger partial charge in [-0.2, -0.15) is 0 Å². The molecule has 0 bridgehead atoms. The van der Waals surface area contributed by atoms with Crippen LogP contribution in [0.1, 0.15) is 46.0 Å². The van der Waals surface area contributed by atoms with Gasteiger partial charge in [0, 0.05) is 6.04 Å². The standard InChI is InChI=1S/C12H23N3O2/c1-3-5-9(11(13)15-17)12(16)14-10-7-4-6-8(10)2/h8-10,17H,3-7H2,1-2H3,(H2,13,15)(H,14,16). The van der Waals surface area contributed by atoms with E-state index < -0.39 is 5.92 Å². The Morgan fingerprint density at radius 3 is 2.76 bits per heavy atom. The van der Waals surface area contributed by atoms with Gasteiger partial charge < -0.3 is 16.3 Å². The van der Waals surface area contributed by atoms with Gasteiger partial charge in [0.05, 0.1) is 5.92 Å². The van der Waals surface area contributed by atoms with Crippen molar-refractivity contribution in [2.45, 2.75) is 52.0 Å². The van der Waals surface area contributed by atoms with Crippen molar-refractivity contribution in [1.82, 2.24) is 5.32 Å². The summed E-state index contributed by atoms with van der Waals surface area (Å²) < 4.78 is 0. The number of hydrogen-bond donors (Lipinski definition) is 3. The Balaban J connectivity index is 2.58. The average molecular weight is 241 g/mol. The van der Waals surface area contributed by atoms with Gasteiger partial charge in [-0.25, -0.2) is 0 Å². The Labute approximate surface area is 102 Å². The van der Waals surface area contributed by atoms with Crippen molar-refractivity contribution >= 4 is 11.7 Å². The predicted molar refractivity (Wildman–Crippen MR) is 66.8 cm³/mol. The van der Waals surface area contributed by atoms with Gasteiger partial charge in [0.25, 0.3) is 0 Å². The lowest BCUT2D eigenvalue weighted by molar-refractivity contribution is -0.124. The molecule has 0 aromatic heterocycles. The molecule has 1 aliphatic rings. The molecule has 98 valence electrons. The predicted octanol–water partition coefficient (Wildman–Crippen LogP) is 1.45. The van der Waals surface area contributed by atoms with Gasteiger partial charge in [0.15, 0.2) is 5.84 Å². The number of oxime groups is 1. The molecule has 1 aliphatic carbocycles. The number of amidine groups is 1. The van der Waals surface area contributed by atoms with Gasteiger partial charge >= 0.3 is 0 Å². The molecule has 0 aromatic rings. The number of rotatable bonds is 5. The van der Waals surface area contributed by atoms with Gasteiger partial charge in [-0.3, -0.25) is 4.79 Å². The molecule has 3 unspecified atom stereocenters. The van der Waals surface area contributed by atoms with E-state index in [4.69, 9.17) is 10.9 Å². The molecular formula is C12H23N3O2. The minimum Gasteiger partial charge on any atom is -0.409 e. The van der Waals surface area contributed by atoms with Gasteiger partial charge in [-0.1, -0.05) is 31.8 Å². The first-order chi connectivity index (χ1) is 8.10. The Hall–Kier alpha value is -1.26. The maximum Gasteiger partial charge on any atom is 0.231 e. The monoisotopic (exact) mass is 241 g/mol. The summed E-state index contributed by atoms with van der Waals surface area (Å²) in [7, 11) is 0. The second kappa shape index (κ2) is 6.47. The van der Waals surface area contributed by atoms with Crippen LogP contribution in [-0.2, 0) is 4.79 Å². The molecule has 0 saturated heterocycles. The maximum absolute atomic E-state index is 12.1. The third-order valence-corrected chi connectivity index (χ3v) is 3.56. The molecule has 3 atom stereocenters. The van der Waals surface area contributed by atoms with E-state index in [1.165, 1.54) is 0 Å². The quantitative estimate of drug-likeness (QED) is 0.295. The molecule has 1 saturated carbocycles. The first-order valence-electron chi connectivity index (χ1n) is 6.37. The van der Waals surface area contributed by atoms with E-state index in [0.717, 1.165) is 25.7 Å². The average Bonchev–Trinajstić information content (AvgIpc) is 2.71. The van der Waals surface area contributed by atoms with Gasteiger partial charge in [-0.15, -0.1) is 0 Å². The summed E-state index contributed by atoms with van der Waals surface area (Å²) in [5, 5.41) is 14.7. The van der Waals surface area contributed by atoms with E-state index >= 15 is 0 Å². The van der Waals surface area contributed by atoms with Crippen LogP contribution in [0.5, 0.6) is 0 Å². The number of amides is 1. The van der Waals surface area contributed by atoms with Crippen LogP contribution in [0.15, 0.2) is 5.16 Å². The highest BCUT2D eigenvalue weighted by molar-refractivity contribution is 6.02. The minimum absolute atomic E-state index is 0.00926. The van der Waals surface area contributed by atoms with Crippen molar-refractivity contribution in [2.24, 2.45) is 22.7 Å². The fourth-order valence-electron chi connectivity index (χ4n) is 2.41. The Kier molecular flexibility index (Phi) is 5.25. The summed E-state index contributed by atoms with van der Waals surface area (Å²) in [4.78, 5) is 12.1. The van der Waals surface area contributed by atoms with Crippen molar-refractivity contribution in [3.63, 3.8) is 0 Å². The fraction of sp³-hybridized carbons (Fsp3) is 0.833. The van der Waals surface area contributed by atoms with Crippen LogP contribution in [-0.4, -0.2) is 23.0 Å². The normalized spacial score (nSPS) is 26.8. The minimum atomic E-state index is -0.502. The third-order valence-electron chi connectivity index (χ3n) is 3.56. The first-order valence-corrected chi connectivity index (χ1v) is 6.37. The zero-order valence-electron chi connectivity index (χ0n) is 10.6. The number of carbonyl (C=O) groups excluding carboxylic acids is 1. The molecule has 1 amide bonds. The smallest absolute Gasteiger partial charge is 0.231 e. The lowest BCUT2D eigenvalue weighted by Gasteiger charge is -2.21. The molecule has 0 spiro atoms. The lowest BCUT2D eigenvalue weighted by Crippen LogP contribution is -2.44. The number of nitrogens with zero attached hydrogens (tertiary/aromatic N) is 1. The fourth-order valence-corrected chi connectivity index (χ4v) is 2.41. The molecular weight excluding hydrogens is 218 g/mol. The van der Waals surface area contributed by atoms with Crippen molar-refractivity contribution in [1.29, 1.82) is 0 Å². The van der Waals surface area contributed by atoms with E-state index in [1.54, 1.807) is 0 Å². The Morgan fingerprint density at radius 2 is 2.29 bits per heavy atom. The SMILES string of the molecule is CCCC(C(=O)NC1CCCC1C)C(N)=NO. The van der Waals surface area contributed by atoms with Crippen LogP contribution in [0, 0.1) is 11.8 Å². The van der Waals surface area contributed by atoms with Gasteiger partial charge in [0.2, 0.25) is 5.91 Å². The number of nitrogens with one attached hydrogen (secondary N) is 1. The molecule has 0 heterocycles. The molecule has 0 aliphatic heterocycles. The highest BCUT2D eigenvalue weighted by atomic mass is 16.4. The van der Waals surface area contributed by atoms with Crippen LogP contribution in [0.4, 0.5) is 0 Å². The molecule has 1 fully saturated rings. The van der Waals surface area contributed by atoms with Gasteiger partial charge in [-0.05, 0) is 25.2 Å². The summed E-state index contributed by atoms with van der Waals surface area (Å²) in [6.07, 6.45) is 4.79. The summed E-state index contributed by atoms with van der Waals surface area (Å²) in [6, 6.07) is 0.244. The second-order valence-corrected chi connectivity index (χ2v) is 4.89. The molecule has 17 heavy (non-hydrogen) atoms. The van der Waals surface area contributed by atoms with Gasteiger partial charge in [0.1, 0.15) is 0 Å². The number of hydrogen-bond acceptors (Lipinski definition) is 3. The van der Waals surface area contributed by atoms with E-state index in [2.05, 4.69) is 17.4 Å².